The van der Waals surface area contributed by atoms with Crippen molar-refractivity contribution in [2.75, 3.05) is 0 Å². The maximum Gasteiger partial charge on any atom is 0.0547 e. The molecule has 0 unspecified atom stereocenters. The summed E-state index contributed by atoms with van der Waals surface area (Å²) in [5.74, 6) is 0. The minimum atomic E-state index is 1.15. The fraction of sp³-hybridized carbons (Fsp3) is 0. The van der Waals surface area contributed by atoms with Crippen LogP contribution >= 0.6 is 0 Å². The molecular weight excluding hydrogens is 701 g/mol. The van der Waals surface area contributed by atoms with Gasteiger partial charge in [0.2, 0.25) is 0 Å². The molecule has 0 saturated carbocycles. The van der Waals surface area contributed by atoms with Gasteiger partial charge >= 0.3 is 0 Å². The number of nitrogens with zero attached hydrogens (tertiary/aromatic N) is 2. The van der Waals surface area contributed by atoms with E-state index in [0.29, 0.717) is 0 Å². The van der Waals surface area contributed by atoms with Gasteiger partial charge in [-0.15, -0.1) is 0 Å². The van der Waals surface area contributed by atoms with Gasteiger partial charge in [-0.1, -0.05) is 164 Å². The molecule has 0 saturated heterocycles. The van der Waals surface area contributed by atoms with E-state index in [0.717, 1.165) is 11.4 Å². The summed E-state index contributed by atoms with van der Waals surface area (Å²) in [5.41, 5.74) is 14.5. The molecule has 10 aromatic carbocycles. The molecule has 12 rings (SSSR count). The van der Waals surface area contributed by atoms with E-state index in [4.69, 9.17) is 0 Å². The Morgan fingerprint density at radius 2 is 0.621 bits per heavy atom. The van der Waals surface area contributed by atoms with Gasteiger partial charge in [0.05, 0.1) is 22.1 Å². The standard InChI is InChI=1S/C56H36N2/c1-3-15-45-37(11-1)13-9-19-47(45)39-23-29-43(30-24-39)57-54-22-8-6-18-50(54)52-35-41(28-34-55(52)57)42-27-33-51-49-17-5-7-21-53(49)58(56(51)36-42)44-31-25-40(26-32-44)48-20-10-14-38-12-2-4-16-46(38)48/h1-36H. The van der Waals surface area contributed by atoms with Crippen molar-refractivity contribution in [3.8, 4) is 44.8 Å². The molecule has 0 N–H and O–H groups in total. The van der Waals surface area contributed by atoms with Crippen LogP contribution in [-0.4, -0.2) is 9.13 Å². The molecule has 0 amide bonds. The summed E-state index contributed by atoms with van der Waals surface area (Å²) in [5, 5.41) is 10.1. The van der Waals surface area contributed by atoms with E-state index in [2.05, 4.69) is 228 Å². The van der Waals surface area contributed by atoms with Crippen molar-refractivity contribution >= 4 is 65.2 Å². The zero-order valence-corrected chi connectivity index (χ0v) is 31.7. The second-order valence-corrected chi connectivity index (χ2v) is 15.3. The number of fused-ring (bicyclic) bond motifs is 8. The second kappa shape index (κ2) is 12.9. The lowest BCUT2D eigenvalue weighted by Crippen LogP contribution is -1.94. The lowest BCUT2D eigenvalue weighted by Gasteiger charge is -2.12. The summed E-state index contributed by atoms with van der Waals surface area (Å²) >= 11 is 0. The summed E-state index contributed by atoms with van der Waals surface area (Å²) in [6.07, 6.45) is 0. The number of hydrogen-bond donors (Lipinski definition) is 0. The number of benzene rings is 10. The fourth-order valence-corrected chi connectivity index (χ4v) is 9.39. The summed E-state index contributed by atoms with van der Waals surface area (Å²) < 4.78 is 4.83. The van der Waals surface area contributed by atoms with E-state index in [1.807, 2.05) is 0 Å². The van der Waals surface area contributed by atoms with Crippen molar-refractivity contribution in [2.45, 2.75) is 0 Å². The maximum atomic E-state index is 2.42. The Labute approximate surface area is 336 Å². The molecule has 12 aromatic rings. The van der Waals surface area contributed by atoms with Crippen molar-refractivity contribution in [1.82, 2.24) is 9.13 Å². The molecule has 0 bridgehead atoms. The topological polar surface area (TPSA) is 9.86 Å². The zero-order valence-electron chi connectivity index (χ0n) is 31.7. The lowest BCUT2D eigenvalue weighted by molar-refractivity contribution is 1.18. The van der Waals surface area contributed by atoms with Crippen LogP contribution in [0.15, 0.2) is 218 Å². The van der Waals surface area contributed by atoms with Crippen LogP contribution in [0.3, 0.4) is 0 Å². The molecule has 58 heavy (non-hydrogen) atoms. The average Bonchev–Trinajstić information content (AvgIpc) is 3.81. The molecule has 0 spiro atoms. The number of rotatable bonds is 5. The van der Waals surface area contributed by atoms with Crippen LogP contribution in [0.2, 0.25) is 0 Å². The van der Waals surface area contributed by atoms with Gasteiger partial charge in [-0.05, 0) is 110 Å². The van der Waals surface area contributed by atoms with E-state index in [-0.39, 0.29) is 0 Å². The Kier molecular flexibility index (Phi) is 7.26. The fourth-order valence-electron chi connectivity index (χ4n) is 9.39. The SMILES string of the molecule is c1ccc2c(-c3ccc(-n4c5ccccc5c5cc(-c6ccc7c8ccccc8n(-c8ccc(-c9cccc%10ccccc9%10)cc8)c7c6)ccc54)cc3)cccc2c1. The predicted octanol–water partition coefficient (Wildman–Crippen LogP) is 15.2. The second-order valence-electron chi connectivity index (χ2n) is 15.3. The largest absolute Gasteiger partial charge is 0.309 e. The molecular formula is C56H36N2. The Bertz CT molecular complexity index is 3540. The molecule has 2 heteroatoms. The molecule has 2 nitrogen and oxygen atoms in total. The van der Waals surface area contributed by atoms with Crippen LogP contribution in [0.25, 0.3) is 110 Å². The molecule has 0 fully saturated rings. The van der Waals surface area contributed by atoms with Crippen LogP contribution in [0.5, 0.6) is 0 Å². The first-order chi connectivity index (χ1) is 28.8. The quantitative estimate of drug-likeness (QED) is 0.167. The Hall–Kier alpha value is -7.68. The van der Waals surface area contributed by atoms with Crippen molar-refractivity contribution in [1.29, 1.82) is 0 Å². The van der Waals surface area contributed by atoms with Gasteiger partial charge < -0.3 is 9.13 Å². The molecule has 0 radical (unpaired) electrons. The van der Waals surface area contributed by atoms with Crippen molar-refractivity contribution < 1.29 is 0 Å². The number of hydrogen-bond acceptors (Lipinski definition) is 0. The average molecular weight is 737 g/mol. The van der Waals surface area contributed by atoms with Gasteiger partial charge in [0.25, 0.3) is 0 Å². The highest BCUT2D eigenvalue weighted by molar-refractivity contribution is 6.12. The molecule has 2 heterocycles. The minimum Gasteiger partial charge on any atom is -0.309 e. The molecule has 0 atom stereocenters. The predicted molar refractivity (Wildman–Crippen MR) is 246 cm³/mol. The summed E-state index contributed by atoms with van der Waals surface area (Å²) in [7, 11) is 0. The van der Waals surface area contributed by atoms with Gasteiger partial charge in [0.15, 0.2) is 0 Å². The van der Waals surface area contributed by atoms with Crippen LogP contribution in [0.1, 0.15) is 0 Å². The lowest BCUT2D eigenvalue weighted by atomic mass is 9.98. The van der Waals surface area contributed by atoms with Gasteiger partial charge in [-0.2, -0.15) is 0 Å². The van der Waals surface area contributed by atoms with E-state index in [1.54, 1.807) is 0 Å². The number of para-hydroxylation sites is 2. The molecule has 0 aliphatic rings. The smallest absolute Gasteiger partial charge is 0.0547 e. The Morgan fingerprint density at radius 1 is 0.224 bits per heavy atom. The summed E-state index contributed by atoms with van der Waals surface area (Å²) in [6, 6.07) is 80.0. The number of aromatic nitrogens is 2. The van der Waals surface area contributed by atoms with E-state index in [1.165, 1.54) is 98.5 Å². The van der Waals surface area contributed by atoms with Crippen LogP contribution < -0.4 is 0 Å². The summed E-state index contributed by atoms with van der Waals surface area (Å²) in [4.78, 5) is 0. The van der Waals surface area contributed by atoms with Crippen molar-refractivity contribution in [2.24, 2.45) is 0 Å². The molecule has 2 aromatic heterocycles. The van der Waals surface area contributed by atoms with Gasteiger partial charge in [-0.25, -0.2) is 0 Å². The first-order valence-corrected chi connectivity index (χ1v) is 20.0. The van der Waals surface area contributed by atoms with Crippen LogP contribution in [-0.2, 0) is 0 Å². The highest BCUT2D eigenvalue weighted by atomic mass is 15.0. The Balaban J connectivity index is 0.964. The maximum absolute atomic E-state index is 2.42. The van der Waals surface area contributed by atoms with E-state index >= 15 is 0 Å². The van der Waals surface area contributed by atoms with Crippen molar-refractivity contribution in [3.05, 3.63) is 218 Å². The minimum absolute atomic E-state index is 1.15. The van der Waals surface area contributed by atoms with Gasteiger partial charge in [0, 0.05) is 32.9 Å². The monoisotopic (exact) mass is 736 g/mol. The van der Waals surface area contributed by atoms with Crippen molar-refractivity contribution in [3.63, 3.8) is 0 Å². The van der Waals surface area contributed by atoms with Crippen LogP contribution in [0, 0.1) is 0 Å². The zero-order chi connectivity index (χ0) is 38.2. The highest BCUT2D eigenvalue weighted by Crippen LogP contribution is 2.39. The molecule has 270 valence electrons. The first kappa shape index (κ1) is 32.6. The first-order valence-electron chi connectivity index (χ1n) is 20.0. The Morgan fingerprint density at radius 3 is 1.21 bits per heavy atom. The summed E-state index contributed by atoms with van der Waals surface area (Å²) in [6.45, 7) is 0. The third-order valence-corrected chi connectivity index (χ3v) is 12.1. The molecule has 0 aliphatic heterocycles. The van der Waals surface area contributed by atoms with Gasteiger partial charge in [0.1, 0.15) is 0 Å². The third-order valence-electron chi connectivity index (χ3n) is 12.1. The van der Waals surface area contributed by atoms with E-state index < -0.39 is 0 Å². The highest BCUT2D eigenvalue weighted by Gasteiger charge is 2.17. The molecule has 0 aliphatic carbocycles. The normalized spacial score (nSPS) is 11.8. The van der Waals surface area contributed by atoms with Crippen LogP contribution in [0.4, 0.5) is 0 Å². The van der Waals surface area contributed by atoms with E-state index in [9.17, 15) is 0 Å². The third kappa shape index (κ3) is 5.05. The van der Waals surface area contributed by atoms with Gasteiger partial charge in [-0.3, -0.25) is 0 Å².